The molecule has 1 aromatic heterocycles. The summed E-state index contributed by atoms with van der Waals surface area (Å²) in [5.41, 5.74) is 3.83. The number of hydrogen-bond acceptors (Lipinski definition) is 1. The Bertz CT molecular complexity index is 526. The van der Waals surface area contributed by atoms with Crippen LogP contribution in [0.25, 0.3) is 10.9 Å². The van der Waals surface area contributed by atoms with E-state index in [9.17, 15) is 4.79 Å². The van der Waals surface area contributed by atoms with E-state index in [1.165, 1.54) is 0 Å². The Morgan fingerprint density at radius 1 is 1.33 bits per heavy atom. The summed E-state index contributed by atoms with van der Waals surface area (Å²) in [5, 5.41) is 3.65. The van der Waals surface area contributed by atoms with Crippen LogP contribution in [-0.4, -0.2) is 17.9 Å². The summed E-state index contributed by atoms with van der Waals surface area (Å²) in [7, 11) is 1.65. The van der Waals surface area contributed by atoms with Gasteiger partial charge in [0.25, 0.3) is 5.91 Å². The molecule has 0 aliphatic carbocycles. The largest absolute Gasteiger partial charge is 0.358 e. The predicted molar refractivity (Wildman–Crippen MR) is 61.2 cm³/mol. The van der Waals surface area contributed by atoms with E-state index in [1.807, 2.05) is 32.0 Å². The first-order chi connectivity index (χ1) is 7.13. The summed E-state index contributed by atoms with van der Waals surface area (Å²) in [6.07, 6.45) is 0. The average Bonchev–Trinajstić information content (AvgIpc) is 2.52. The number of carbonyl (C=O) groups is 1. The minimum absolute atomic E-state index is 0.0376. The van der Waals surface area contributed by atoms with Crippen molar-refractivity contribution in [2.45, 2.75) is 13.8 Å². The number of aryl methyl sites for hydroxylation is 2. The maximum Gasteiger partial charge on any atom is 0.253 e. The highest BCUT2D eigenvalue weighted by Gasteiger charge is 2.14. The first-order valence-electron chi connectivity index (χ1n) is 4.94. The highest BCUT2D eigenvalue weighted by atomic mass is 16.1. The zero-order chi connectivity index (χ0) is 11.0. The molecule has 0 aliphatic heterocycles. The molecule has 3 heteroatoms. The van der Waals surface area contributed by atoms with E-state index in [-0.39, 0.29) is 5.91 Å². The molecule has 1 aromatic carbocycles. The second kappa shape index (κ2) is 3.42. The molecule has 2 rings (SSSR count). The number of H-pyrrole nitrogens is 1. The van der Waals surface area contributed by atoms with Crippen LogP contribution < -0.4 is 5.32 Å². The molecule has 0 saturated heterocycles. The van der Waals surface area contributed by atoms with Gasteiger partial charge in [0, 0.05) is 23.6 Å². The van der Waals surface area contributed by atoms with E-state index in [4.69, 9.17) is 0 Å². The van der Waals surface area contributed by atoms with Gasteiger partial charge in [-0.25, -0.2) is 0 Å². The number of aromatic amines is 1. The minimum Gasteiger partial charge on any atom is -0.358 e. The molecule has 2 aromatic rings. The molecule has 3 nitrogen and oxygen atoms in total. The number of nitrogens with one attached hydrogen (secondary N) is 2. The van der Waals surface area contributed by atoms with Crippen molar-refractivity contribution in [2.75, 3.05) is 7.05 Å². The van der Waals surface area contributed by atoms with E-state index >= 15 is 0 Å². The SMILES string of the molecule is CNC(=O)c1c(C)[nH]c2ccc(C)cc12. The van der Waals surface area contributed by atoms with E-state index in [1.54, 1.807) is 7.05 Å². The number of aromatic nitrogens is 1. The van der Waals surface area contributed by atoms with Crippen LogP contribution >= 0.6 is 0 Å². The fourth-order valence-corrected chi connectivity index (χ4v) is 1.86. The Balaban J connectivity index is 2.76. The number of amides is 1. The molecule has 2 N–H and O–H groups in total. The lowest BCUT2D eigenvalue weighted by atomic mass is 10.1. The van der Waals surface area contributed by atoms with E-state index < -0.39 is 0 Å². The molecule has 15 heavy (non-hydrogen) atoms. The minimum atomic E-state index is -0.0376. The molecule has 0 aliphatic rings. The molecule has 0 unspecified atom stereocenters. The summed E-state index contributed by atoms with van der Waals surface area (Å²) < 4.78 is 0. The van der Waals surface area contributed by atoms with Crippen LogP contribution in [0.2, 0.25) is 0 Å². The lowest BCUT2D eigenvalue weighted by Crippen LogP contribution is -2.18. The van der Waals surface area contributed by atoms with Gasteiger partial charge in [-0.3, -0.25) is 4.79 Å². The van der Waals surface area contributed by atoms with Gasteiger partial charge in [0.05, 0.1) is 5.56 Å². The molecule has 0 fully saturated rings. The first-order valence-corrected chi connectivity index (χ1v) is 4.94. The Kier molecular flexibility index (Phi) is 2.23. The topological polar surface area (TPSA) is 44.9 Å². The highest BCUT2D eigenvalue weighted by Crippen LogP contribution is 2.22. The van der Waals surface area contributed by atoms with Gasteiger partial charge in [-0.05, 0) is 26.0 Å². The number of hydrogen-bond donors (Lipinski definition) is 2. The predicted octanol–water partition coefficient (Wildman–Crippen LogP) is 2.14. The monoisotopic (exact) mass is 202 g/mol. The van der Waals surface area contributed by atoms with Crippen molar-refractivity contribution in [3.05, 3.63) is 35.0 Å². The van der Waals surface area contributed by atoms with Crippen molar-refractivity contribution in [1.82, 2.24) is 10.3 Å². The molecule has 1 amide bonds. The Morgan fingerprint density at radius 3 is 2.73 bits per heavy atom. The third-order valence-corrected chi connectivity index (χ3v) is 2.60. The van der Waals surface area contributed by atoms with Crippen molar-refractivity contribution in [2.24, 2.45) is 0 Å². The second-order valence-corrected chi connectivity index (χ2v) is 3.75. The quantitative estimate of drug-likeness (QED) is 0.731. The Hall–Kier alpha value is -1.77. The Morgan fingerprint density at radius 2 is 2.07 bits per heavy atom. The normalized spacial score (nSPS) is 10.6. The van der Waals surface area contributed by atoms with Crippen LogP contribution in [-0.2, 0) is 0 Å². The van der Waals surface area contributed by atoms with Gasteiger partial charge in [-0.1, -0.05) is 11.6 Å². The number of rotatable bonds is 1. The second-order valence-electron chi connectivity index (χ2n) is 3.75. The first kappa shape index (κ1) is 9.77. The molecular formula is C12H14N2O. The van der Waals surface area contributed by atoms with Crippen molar-refractivity contribution < 1.29 is 4.79 Å². The molecule has 0 saturated carbocycles. The molecule has 0 bridgehead atoms. The van der Waals surface area contributed by atoms with E-state index in [0.717, 1.165) is 27.7 Å². The van der Waals surface area contributed by atoms with Crippen LogP contribution in [0.1, 0.15) is 21.6 Å². The Labute approximate surface area is 88.5 Å². The van der Waals surface area contributed by atoms with E-state index in [2.05, 4.69) is 10.3 Å². The molecule has 0 spiro atoms. The van der Waals surface area contributed by atoms with Crippen molar-refractivity contribution in [3.63, 3.8) is 0 Å². The van der Waals surface area contributed by atoms with E-state index in [0.29, 0.717) is 0 Å². The highest BCUT2D eigenvalue weighted by molar-refractivity contribution is 6.08. The summed E-state index contributed by atoms with van der Waals surface area (Å²) in [6, 6.07) is 6.07. The van der Waals surface area contributed by atoms with Crippen LogP contribution in [0.4, 0.5) is 0 Å². The van der Waals surface area contributed by atoms with Gasteiger partial charge in [0.15, 0.2) is 0 Å². The van der Waals surface area contributed by atoms with Gasteiger partial charge in [-0.15, -0.1) is 0 Å². The fraction of sp³-hybridized carbons (Fsp3) is 0.250. The van der Waals surface area contributed by atoms with Crippen LogP contribution in [0.3, 0.4) is 0 Å². The summed E-state index contributed by atoms with van der Waals surface area (Å²) in [5.74, 6) is -0.0376. The third-order valence-electron chi connectivity index (χ3n) is 2.60. The smallest absolute Gasteiger partial charge is 0.253 e. The van der Waals surface area contributed by atoms with Gasteiger partial charge in [-0.2, -0.15) is 0 Å². The lowest BCUT2D eigenvalue weighted by Gasteiger charge is -1.99. The summed E-state index contributed by atoms with van der Waals surface area (Å²) in [4.78, 5) is 14.9. The maximum atomic E-state index is 11.7. The zero-order valence-corrected chi connectivity index (χ0v) is 9.14. The number of benzene rings is 1. The fourth-order valence-electron chi connectivity index (χ4n) is 1.86. The van der Waals surface area contributed by atoms with Gasteiger partial charge >= 0.3 is 0 Å². The van der Waals surface area contributed by atoms with Gasteiger partial charge in [0.1, 0.15) is 0 Å². The maximum absolute atomic E-state index is 11.7. The van der Waals surface area contributed by atoms with Crippen LogP contribution in [0.5, 0.6) is 0 Å². The van der Waals surface area contributed by atoms with Gasteiger partial charge < -0.3 is 10.3 Å². The lowest BCUT2D eigenvalue weighted by molar-refractivity contribution is 0.0964. The van der Waals surface area contributed by atoms with Crippen molar-refractivity contribution >= 4 is 16.8 Å². The molecular weight excluding hydrogens is 188 g/mol. The number of fused-ring (bicyclic) bond motifs is 1. The standard InChI is InChI=1S/C12H14N2O/c1-7-4-5-10-9(6-7)11(8(2)14-10)12(15)13-3/h4-6,14H,1-3H3,(H,13,15). The van der Waals surface area contributed by atoms with Gasteiger partial charge in [0.2, 0.25) is 0 Å². The molecule has 78 valence electrons. The van der Waals surface area contributed by atoms with Crippen LogP contribution in [0.15, 0.2) is 18.2 Å². The summed E-state index contributed by atoms with van der Waals surface area (Å²) in [6.45, 7) is 3.94. The van der Waals surface area contributed by atoms with Crippen LogP contribution in [0, 0.1) is 13.8 Å². The van der Waals surface area contributed by atoms with Crippen molar-refractivity contribution in [1.29, 1.82) is 0 Å². The van der Waals surface area contributed by atoms with Crippen molar-refractivity contribution in [3.8, 4) is 0 Å². The summed E-state index contributed by atoms with van der Waals surface area (Å²) >= 11 is 0. The zero-order valence-electron chi connectivity index (χ0n) is 9.14. The molecule has 0 atom stereocenters. The average molecular weight is 202 g/mol. The molecule has 1 heterocycles. The number of carbonyl (C=O) groups excluding carboxylic acids is 1. The third kappa shape index (κ3) is 1.50. The molecule has 0 radical (unpaired) electrons.